The molecular weight excluding hydrogens is 276 g/mol. The molecule has 2 heterocycles. The Morgan fingerprint density at radius 2 is 1.95 bits per heavy atom. The van der Waals surface area contributed by atoms with Crippen molar-refractivity contribution in [1.82, 2.24) is 9.88 Å². The lowest BCUT2D eigenvalue weighted by Gasteiger charge is -2.26. The smallest absolute Gasteiger partial charge is 0.259 e. The molecule has 0 unspecified atom stereocenters. The molecule has 0 saturated carbocycles. The number of likely N-dealkylation sites (tertiary alicyclic amines) is 1. The third kappa shape index (κ3) is 2.31. The second kappa shape index (κ2) is 5.29. The van der Waals surface area contributed by atoms with Crippen molar-refractivity contribution >= 4 is 28.4 Å². The number of fused-ring (bicyclic) bond motifs is 1. The summed E-state index contributed by atoms with van der Waals surface area (Å²) in [6.45, 7) is 1.46. The normalized spacial score (nSPS) is 15.6. The number of hydrogen-bond donors (Lipinski definition) is 1. The van der Waals surface area contributed by atoms with Gasteiger partial charge in [0, 0.05) is 35.2 Å². The predicted molar refractivity (Wildman–Crippen MR) is 79.3 cm³/mol. The number of aromatic amines is 1. The minimum absolute atomic E-state index is 0.187. The molecule has 3 rings (SSSR count). The Bertz CT molecular complexity index is 717. The lowest BCUT2D eigenvalue weighted by molar-refractivity contribution is 0.0723. The van der Waals surface area contributed by atoms with Crippen LogP contribution in [0.1, 0.15) is 29.6 Å². The first-order valence-corrected chi connectivity index (χ1v) is 7.15. The highest BCUT2D eigenvalue weighted by molar-refractivity contribution is 6.31. The second-order valence-electron chi connectivity index (χ2n) is 5.07. The van der Waals surface area contributed by atoms with Gasteiger partial charge < -0.3 is 9.88 Å². The number of hydrogen-bond acceptors (Lipinski definition) is 2. The first-order valence-electron chi connectivity index (χ1n) is 6.77. The highest BCUT2D eigenvalue weighted by Crippen LogP contribution is 2.16. The predicted octanol–water partition coefficient (Wildman–Crippen LogP) is 2.81. The number of nitrogens with zero attached hydrogens (tertiary/aromatic N) is 1. The van der Waals surface area contributed by atoms with Gasteiger partial charge in [0.1, 0.15) is 5.56 Å². The van der Waals surface area contributed by atoms with Crippen molar-refractivity contribution < 1.29 is 4.79 Å². The van der Waals surface area contributed by atoms with Crippen LogP contribution >= 0.6 is 11.6 Å². The minimum atomic E-state index is -0.253. The van der Waals surface area contributed by atoms with Crippen LogP contribution in [0.25, 0.3) is 10.9 Å². The molecule has 104 valence electrons. The first-order chi connectivity index (χ1) is 9.66. The fourth-order valence-corrected chi connectivity index (χ4v) is 2.79. The SMILES string of the molecule is O=C(c1c[nH]c2ccc(Cl)cc2c1=O)N1CCCCC1. The summed E-state index contributed by atoms with van der Waals surface area (Å²) in [5, 5.41) is 0.950. The summed E-state index contributed by atoms with van der Waals surface area (Å²) in [5.74, 6) is -0.187. The summed E-state index contributed by atoms with van der Waals surface area (Å²) < 4.78 is 0. The van der Waals surface area contributed by atoms with E-state index >= 15 is 0 Å². The zero-order valence-electron chi connectivity index (χ0n) is 11.0. The van der Waals surface area contributed by atoms with E-state index in [1.165, 1.54) is 6.20 Å². The number of benzene rings is 1. The average Bonchev–Trinajstić information content (AvgIpc) is 2.48. The number of piperidine rings is 1. The molecule has 1 amide bonds. The van der Waals surface area contributed by atoms with E-state index in [1.54, 1.807) is 23.1 Å². The average molecular weight is 291 g/mol. The van der Waals surface area contributed by atoms with Crippen LogP contribution in [-0.2, 0) is 0 Å². The molecule has 1 aromatic heterocycles. The zero-order chi connectivity index (χ0) is 14.1. The molecule has 5 heteroatoms. The Balaban J connectivity index is 2.05. The van der Waals surface area contributed by atoms with Gasteiger partial charge in [-0.2, -0.15) is 0 Å². The van der Waals surface area contributed by atoms with Crippen molar-refractivity contribution in [2.45, 2.75) is 19.3 Å². The first kappa shape index (κ1) is 13.2. The van der Waals surface area contributed by atoms with Gasteiger partial charge in [-0.15, -0.1) is 0 Å². The highest BCUT2D eigenvalue weighted by Gasteiger charge is 2.21. The van der Waals surface area contributed by atoms with Crippen LogP contribution in [-0.4, -0.2) is 28.9 Å². The fraction of sp³-hybridized carbons (Fsp3) is 0.333. The van der Waals surface area contributed by atoms with Crippen LogP contribution < -0.4 is 5.43 Å². The molecule has 2 aromatic rings. The molecule has 0 radical (unpaired) electrons. The van der Waals surface area contributed by atoms with Gasteiger partial charge in [-0.3, -0.25) is 9.59 Å². The van der Waals surface area contributed by atoms with Crippen molar-refractivity contribution in [3.8, 4) is 0 Å². The molecule has 1 aromatic carbocycles. The maximum atomic E-state index is 12.4. The van der Waals surface area contributed by atoms with Gasteiger partial charge in [0.05, 0.1) is 0 Å². The molecule has 0 aliphatic carbocycles. The van der Waals surface area contributed by atoms with E-state index in [2.05, 4.69) is 4.98 Å². The Morgan fingerprint density at radius 3 is 2.70 bits per heavy atom. The molecule has 0 atom stereocenters. The van der Waals surface area contributed by atoms with Crippen LogP contribution in [0.2, 0.25) is 5.02 Å². The summed E-state index contributed by atoms with van der Waals surface area (Å²) in [7, 11) is 0. The third-order valence-electron chi connectivity index (χ3n) is 3.72. The Hall–Kier alpha value is -1.81. The van der Waals surface area contributed by atoms with E-state index in [0.717, 1.165) is 32.4 Å². The summed E-state index contributed by atoms with van der Waals surface area (Å²) in [6, 6.07) is 5.06. The van der Waals surface area contributed by atoms with Gasteiger partial charge in [0.25, 0.3) is 5.91 Å². The highest BCUT2D eigenvalue weighted by atomic mass is 35.5. The zero-order valence-corrected chi connectivity index (χ0v) is 11.7. The van der Waals surface area contributed by atoms with Crippen LogP contribution in [0.3, 0.4) is 0 Å². The van der Waals surface area contributed by atoms with Crippen molar-refractivity contribution in [3.05, 3.63) is 45.2 Å². The summed E-state index contributed by atoms with van der Waals surface area (Å²) in [5.41, 5.74) is 0.632. The van der Waals surface area contributed by atoms with E-state index in [1.807, 2.05) is 0 Å². The molecule has 1 saturated heterocycles. The molecule has 1 aliphatic rings. The topological polar surface area (TPSA) is 53.2 Å². The largest absolute Gasteiger partial charge is 0.360 e. The second-order valence-corrected chi connectivity index (χ2v) is 5.51. The molecule has 0 spiro atoms. The molecule has 1 fully saturated rings. The van der Waals surface area contributed by atoms with Crippen LogP contribution in [0.15, 0.2) is 29.2 Å². The molecule has 0 bridgehead atoms. The van der Waals surface area contributed by atoms with Gasteiger partial charge in [0.15, 0.2) is 0 Å². The third-order valence-corrected chi connectivity index (χ3v) is 3.95. The van der Waals surface area contributed by atoms with E-state index in [0.29, 0.717) is 15.9 Å². The summed E-state index contributed by atoms with van der Waals surface area (Å²) in [4.78, 5) is 29.6. The number of rotatable bonds is 1. The standard InChI is InChI=1S/C15H15ClN2O2/c16-10-4-5-13-11(8-10)14(19)12(9-17-13)15(20)18-6-2-1-3-7-18/h4-5,8-9H,1-3,6-7H2,(H,17,19). The van der Waals surface area contributed by atoms with Crippen molar-refractivity contribution in [1.29, 1.82) is 0 Å². The van der Waals surface area contributed by atoms with E-state index in [-0.39, 0.29) is 16.9 Å². The van der Waals surface area contributed by atoms with Gasteiger partial charge >= 0.3 is 0 Å². The Kier molecular flexibility index (Phi) is 3.49. The fourth-order valence-electron chi connectivity index (χ4n) is 2.62. The van der Waals surface area contributed by atoms with Crippen LogP contribution in [0.5, 0.6) is 0 Å². The maximum Gasteiger partial charge on any atom is 0.259 e. The van der Waals surface area contributed by atoms with Crippen LogP contribution in [0.4, 0.5) is 0 Å². The molecule has 20 heavy (non-hydrogen) atoms. The number of H-pyrrole nitrogens is 1. The van der Waals surface area contributed by atoms with Crippen molar-refractivity contribution in [2.24, 2.45) is 0 Å². The van der Waals surface area contributed by atoms with Gasteiger partial charge in [-0.1, -0.05) is 11.6 Å². The molecule has 1 aliphatic heterocycles. The Labute approximate surface area is 121 Å². The maximum absolute atomic E-state index is 12.4. The number of nitrogens with one attached hydrogen (secondary N) is 1. The van der Waals surface area contributed by atoms with E-state index in [4.69, 9.17) is 11.6 Å². The number of carbonyl (C=O) groups is 1. The van der Waals surface area contributed by atoms with Gasteiger partial charge in [-0.25, -0.2) is 0 Å². The number of carbonyl (C=O) groups excluding carboxylic acids is 1. The summed E-state index contributed by atoms with van der Waals surface area (Å²) in [6.07, 6.45) is 4.66. The number of halogens is 1. The van der Waals surface area contributed by atoms with Gasteiger partial charge in [0.2, 0.25) is 5.43 Å². The number of aromatic nitrogens is 1. The number of amides is 1. The van der Waals surface area contributed by atoms with Crippen LogP contribution in [0, 0.1) is 0 Å². The lowest BCUT2D eigenvalue weighted by Crippen LogP contribution is -2.38. The van der Waals surface area contributed by atoms with E-state index in [9.17, 15) is 9.59 Å². The van der Waals surface area contributed by atoms with Crippen molar-refractivity contribution in [3.63, 3.8) is 0 Å². The quantitative estimate of drug-likeness (QED) is 0.878. The molecule has 4 nitrogen and oxygen atoms in total. The van der Waals surface area contributed by atoms with Crippen molar-refractivity contribution in [2.75, 3.05) is 13.1 Å². The lowest BCUT2D eigenvalue weighted by atomic mass is 10.1. The minimum Gasteiger partial charge on any atom is -0.360 e. The van der Waals surface area contributed by atoms with Gasteiger partial charge in [-0.05, 0) is 37.5 Å². The Morgan fingerprint density at radius 1 is 1.20 bits per heavy atom. The van der Waals surface area contributed by atoms with E-state index < -0.39 is 0 Å². The monoisotopic (exact) mass is 290 g/mol. The molecule has 1 N–H and O–H groups in total. The summed E-state index contributed by atoms with van der Waals surface area (Å²) >= 11 is 5.92. The number of pyridine rings is 1. The molecular formula is C15H15ClN2O2.